The van der Waals surface area contributed by atoms with Crippen LogP contribution in [0.5, 0.6) is 0 Å². The number of hydrogen-bond donors (Lipinski definition) is 0. The van der Waals surface area contributed by atoms with E-state index in [0.717, 1.165) is 94.8 Å². The van der Waals surface area contributed by atoms with Gasteiger partial charge in [0.25, 0.3) is 0 Å². The maximum atomic E-state index is 7.69. The molecule has 11 rings (SSSR count). The van der Waals surface area contributed by atoms with Gasteiger partial charge in [0.1, 0.15) is 0 Å². The van der Waals surface area contributed by atoms with Crippen LogP contribution in [0.1, 0.15) is 0 Å². The van der Waals surface area contributed by atoms with Gasteiger partial charge in [-0.05, 0) is 59.7 Å². The number of hydrogen-bond acceptors (Lipinski definition) is 4. The van der Waals surface area contributed by atoms with Crippen molar-refractivity contribution in [2.75, 3.05) is 0 Å². The van der Waals surface area contributed by atoms with E-state index >= 15 is 0 Å². The van der Waals surface area contributed by atoms with Crippen molar-refractivity contribution >= 4 is 27.5 Å². The van der Waals surface area contributed by atoms with Crippen LogP contribution in [0.25, 0.3) is 111 Å². The van der Waals surface area contributed by atoms with Crippen molar-refractivity contribution in [3.8, 4) is 84.6 Å². The lowest BCUT2D eigenvalue weighted by atomic mass is 10.0. The van der Waals surface area contributed by atoms with E-state index in [1.54, 1.807) is 0 Å². The zero-order valence-electron chi connectivity index (χ0n) is 34.0. The zero-order valence-corrected chi connectivity index (χ0v) is 34.0. The first-order chi connectivity index (χ1) is 31.2. The summed E-state index contributed by atoms with van der Waals surface area (Å²) in [5.41, 5.74) is 14.6. The van der Waals surface area contributed by atoms with Crippen molar-refractivity contribution in [2.45, 2.75) is 0 Å². The van der Waals surface area contributed by atoms with Gasteiger partial charge in [-0.25, -0.2) is 24.8 Å². The fraction of sp³-hybridized carbons (Fsp3) is 0. The number of nitrogens with zero attached hydrogens (tertiary/aromatic N) is 6. The van der Waals surface area contributed by atoms with Crippen LogP contribution in [0.4, 0.5) is 5.69 Å². The number of benzene rings is 8. The molecule has 0 aliphatic heterocycles. The summed E-state index contributed by atoms with van der Waals surface area (Å²) in [4.78, 5) is 24.8. The molecule has 8 aromatic carbocycles. The molecule has 0 aliphatic rings. The van der Waals surface area contributed by atoms with Crippen molar-refractivity contribution in [1.82, 2.24) is 24.5 Å². The molecule has 3 heterocycles. The molecular formula is C57H36N6. The summed E-state index contributed by atoms with van der Waals surface area (Å²) in [5, 5.41) is 2.25. The molecular weight excluding hydrogens is 769 g/mol. The Morgan fingerprint density at radius 1 is 0.333 bits per heavy atom. The molecule has 0 N–H and O–H groups in total. The fourth-order valence-electron chi connectivity index (χ4n) is 8.39. The van der Waals surface area contributed by atoms with E-state index in [0.29, 0.717) is 17.3 Å². The number of rotatable bonds is 8. The summed E-state index contributed by atoms with van der Waals surface area (Å²) in [6, 6.07) is 74.5. The molecule has 0 radical (unpaired) electrons. The average Bonchev–Trinajstić information content (AvgIpc) is 3.70. The second kappa shape index (κ2) is 16.0. The third-order valence-electron chi connectivity index (χ3n) is 11.4. The average molecular weight is 805 g/mol. The predicted molar refractivity (Wildman–Crippen MR) is 256 cm³/mol. The van der Waals surface area contributed by atoms with Crippen LogP contribution in [0.15, 0.2) is 218 Å². The zero-order chi connectivity index (χ0) is 42.1. The lowest BCUT2D eigenvalue weighted by Crippen LogP contribution is -2.02. The molecule has 0 amide bonds. The molecule has 6 nitrogen and oxygen atoms in total. The van der Waals surface area contributed by atoms with E-state index in [-0.39, 0.29) is 0 Å². The summed E-state index contributed by atoms with van der Waals surface area (Å²) in [5.74, 6) is 1.23. The van der Waals surface area contributed by atoms with Gasteiger partial charge in [0.2, 0.25) is 0 Å². The van der Waals surface area contributed by atoms with Gasteiger partial charge in [0.15, 0.2) is 17.3 Å². The Hall–Kier alpha value is -8.79. The molecule has 6 heteroatoms. The minimum Gasteiger partial charge on any atom is -0.309 e. The highest BCUT2D eigenvalue weighted by Crippen LogP contribution is 2.41. The van der Waals surface area contributed by atoms with Gasteiger partial charge in [-0.1, -0.05) is 170 Å². The monoisotopic (exact) mass is 804 g/mol. The van der Waals surface area contributed by atoms with E-state index in [4.69, 9.17) is 26.5 Å². The third kappa shape index (κ3) is 7.10. The molecule has 0 aliphatic carbocycles. The summed E-state index contributed by atoms with van der Waals surface area (Å²) in [6.45, 7) is 7.69. The van der Waals surface area contributed by atoms with Gasteiger partial charge >= 0.3 is 0 Å². The SMILES string of the molecule is [C-]#[N+]c1cccc(-c2ccc3c4ccccc4n(-c4ccc(-c5nc(-c6ccccc6)cc(-c6ccccc6)n5)cc4-c4cc(-c5ccccc5)nc(-c5ccccc5)n4)c3c2)c1. The Balaban J connectivity index is 1.21. The normalized spacial score (nSPS) is 11.2. The Bertz CT molecular complexity index is 3390. The highest BCUT2D eigenvalue weighted by Gasteiger charge is 2.21. The van der Waals surface area contributed by atoms with E-state index in [1.165, 1.54) is 0 Å². The first kappa shape index (κ1) is 37.2. The van der Waals surface area contributed by atoms with Gasteiger partial charge in [-0.3, -0.25) is 0 Å². The third-order valence-corrected chi connectivity index (χ3v) is 11.4. The largest absolute Gasteiger partial charge is 0.309 e. The lowest BCUT2D eigenvalue weighted by Gasteiger charge is -2.17. The summed E-state index contributed by atoms with van der Waals surface area (Å²) in [7, 11) is 0. The predicted octanol–water partition coefficient (Wildman–Crippen LogP) is 14.6. The maximum absolute atomic E-state index is 7.69. The molecule has 0 fully saturated rings. The Morgan fingerprint density at radius 2 is 0.810 bits per heavy atom. The topological polar surface area (TPSA) is 60.9 Å². The van der Waals surface area contributed by atoms with Gasteiger partial charge in [0, 0.05) is 44.2 Å². The van der Waals surface area contributed by atoms with E-state index in [2.05, 4.69) is 137 Å². The van der Waals surface area contributed by atoms with Crippen LogP contribution in [0, 0.1) is 6.57 Å². The first-order valence-electron chi connectivity index (χ1n) is 20.8. The Kier molecular flexibility index (Phi) is 9.45. The maximum Gasteiger partial charge on any atom is 0.187 e. The van der Waals surface area contributed by atoms with Crippen LogP contribution in [-0.2, 0) is 0 Å². The summed E-state index contributed by atoms with van der Waals surface area (Å²) >= 11 is 0. The van der Waals surface area contributed by atoms with Crippen LogP contribution in [-0.4, -0.2) is 24.5 Å². The van der Waals surface area contributed by atoms with Crippen molar-refractivity contribution in [3.05, 3.63) is 230 Å². The van der Waals surface area contributed by atoms with Crippen LogP contribution >= 0.6 is 0 Å². The molecule has 0 saturated heterocycles. The van der Waals surface area contributed by atoms with Gasteiger partial charge in [-0.15, -0.1) is 0 Å². The number of aromatic nitrogens is 5. The van der Waals surface area contributed by atoms with E-state index < -0.39 is 0 Å². The quantitative estimate of drug-likeness (QED) is 0.144. The van der Waals surface area contributed by atoms with Crippen LogP contribution in [0.2, 0.25) is 0 Å². The van der Waals surface area contributed by atoms with Crippen molar-refractivity contribution in [1.29, 1.82) is 0 Å². The number of para-hydroxylation sites is 1. The van der Waals surface area contributed by atoms with Crippen LogP contribution in [0.3, 0.4) is 0 Å². The first-order valence-corrected chi connectivity index (χ1v) is 20.8. The van der Waals surface area contributed by atoms with Gasteiger partial charge in [0.05, 0.1) is 46.1 Å². The molecule has 0 unspecified atom stereocenters. The molecule has 0 saturated carbocycles. The molecule has 0 atom stereocenters. The van der Waals surface area contributed by atoms with Crippen molar-refractivity contribution < 1.29 is 0 Å². The second-order valence-electron chi connectivity index (χ2n) is 15.4. The highest BCUT2D eigenvalue weighted by molar-refractivity contribution is 6.11. The highest BCUT2D eigenvalue weighted by atomic mass is 15.0. The molecule has 294 valence electrons. The smallest absolute Gasteiger partial charge is 0.187 e. The minimum absolute atomic E-state index is 0.604. The molecule has 63 heavy (non-hydrogen) atoms. The van der Waals surface area contributed by atoms with Gasteiger partial charge in [-0.2, -0.15) is 0 Å². The summed E-state index contributed by atoms with van der Waals surface area (Å²) in [6.07, 6.45) is 0. The van der Waals surface area contributed by atoms with E-state index in [1.807, 2.05) is 91.0 Å². The minimum atomic E-state index is 0.604. The number of fused-ring (bicyclic) bond motifs is 3. The van der Waals surface area contributed by atoms with Crippen LogP contribution < -0.4 is 0 Å². The van der Waals surface area contributed by atoms with Gasteiger partial charge < -0.3 is 4.57 Å². The second-order valence-corrected chi connectivity index (χ2v) is 15.4. The Labute approximate surface area is 365 Å². The Morgan fingerprint density at radius 3 is 1.43 bits per heavy atom. The standard InChI is InChI=1S/C57H36N6/c1-58-45-26-16-25-42(33-45)43-29-31-47-46-27-14-15-28-53(46)63(55(47)35-43)54-32-30-44(57-60-49(38-17-6-2-7-18-38)36-50(61-57)39-19-8-3-9-20-39)34-48(54)52-37-51(40-21-10-4-11-22-40)59-56(62-52)41-23-12-5-13-24-41/h2-37H. The fourth-order valence-corrected chi connectivity index (χ4v) is 8.39. The lowest BCUT2D eigenvalue weighted by molar-refractivity contribution is 1.14. The molecule has 11 aromatic rings. The summed E-state index contributed by atoms with van der Waals surface area (Å²) < 4.78 is 2.34. The molecule has 0 spiro atoms. The van der Waals surface area contributed by atoms with Crippen molar-refractivity contribution in [2.24, 2.45) is 0 Å². The molecule has 3 aromatic heterocycles. The molecule has 0 bridgehead atoms. The van der Waals surface area contributed by atoms with E-state index in [9.17, 15) is 0 Å². The van der Waals surface area contributed by atoms with Crippen molar-refractivity contribution in [3.63, 3.8) is 0 Å².